The molecule has 0 amide bonds. The molecule has 3 heteroatoms. The van der Waals surface area contributed by atoms with Crippen molar-refractivity contribution in [3.63, 3.8) is 0 Å². The van der Waals surface area contributed by atoms with Gasteiger partial charge in [0.25, 0.3) is 0 Å². The van der Waals surface area contributed by atoms with Crippen molar-refractivity contribution in [1.29, 1.82) is 0 Å². The minimum atomic E-state index is 0.780. The summed E-state index contributed by atoms with van der Waals surface area (Å²) in [5, 5.41) is 3.69. The number of hydrogen-bond acceptors (Lipinski definition) is 3. The molecule has 3 nitrogen and oxygen atoms in total. The molecule has 0 bridgehead atoms. The molecule has 0 aromatic rings. The number of piperidine rings is 2. The third-order valence-electron chi connectivity index (χ3n) is 4.88. The van der Waals surface area contributed by atoms with Crippen LogP contribution in [-0.4, -0.2) is 62.2 Å². The van der Waals surface area contributed by atoms with Crippen molar-refractivity contribution in [3.8, 4) is 0 Å². The van der Waals surface area contributed by atoms with Gasteiger partial charge in [0.15, 0.2) is 0 Å². The van der Waals surface area contributed by atoms with Crippen LogP contribution in [0.1, 0.15) is 44.9 Å². The van der Waals surface area contributed by atoms with Crippen LogP contribution >= 0.6 is 0 Å². The molecule has 2 heterocycles. The lowest BCUT2D eigenvalue weighted by atomic mass is 10.00. The molecule has 2 fully saturated rings. The van der Waals surface area contributed by atoms with Gasteiger partial charge in [0.2, 0.25) is 0 Å². The minimum Gasteiger partial charge on any atom is -0.315 e. The molecular weight excluding hydrogens is 222 g/mol. The molecule has 18 heavy (non-hydrogen) atoms. The van der Waals surface area contributed by atoms with Gasteiger partial charge < -0.3 is 15.1 Å². The van der Waals surface area contributed by atoms with E-state index in [0.29, 0.717) is 0 Å². The molecule has 2 aliphatic heterocycles. The Hall–Kier alpha value is -0.120. The van der Waals surface area contributed by atoms with Crippen LogP contribution in [0.3, 0.4) is 0 Å². The van der Waals surface area contributed by atoms with Crippen molar-refractivity contribution < 1.29 is 0 Å². The first-order chi connectivity index (χ1) is 8.77. The predicted molar refractivity (Wildman–Crippen MR) is 78.0 cm³/mol. The maximum absolute atomic E-state index is 3.69. The largest absolute Gasteiger partial charge is 0.315 e. The Balaban J connectivity index is 1.57. The van der Waals surface area contributed by atoms with E-state index in [9.17, 15) is 0 Å². The Kier molecular flexibility index (Phi) is 5.93. The van der Waals surface area contributed by atoms with E-state index in [2.05, 4.69) is 29.2 Å². The summed E-state index contributed by atoms with van der Waals surface area (Å²) in [5.74, 6) is 0. The summed E-state index contributed by atoms with van der Waals surface area (Å²) in [6.07, 6.45) is 9.75. The summed E-state index contributed by atoms with van der Waals surface area (Å²) in [7, 11) is 4.57. The second-order valence-corrected chi connectivity index (χ2v) is 6.25. The van der Waals surface area contributed by atoms with E-state index in [1.807, 2.05) is 0 Å². The fourth-order valence-corrected chi connectivity index (χ4v) is 3.45. The Morgan fingerprint density at radius 2 is 1.50 bits per heavy atom. The lowest BCUT2D eigenvalue weighted by molar-refractivity contribution is 0.166. The minimum absolute atomic E-state index is 0.780. The van der Waals surface area contributed by atoms with Gasteiger partial charge in [-0.1, -0.05) is 12.8 Å². The van der Waals surface area contributed by atoms with Gasteiger partial charge in [0, 0.05) is 18.6 Å². The van der Waals surface area contributed by atoms with E-state index in [-0.39, 0.29) is 0 Å². The van der Waals surface area contributed by atoms with E-state index in [0.717, 1.165) is 12.1 Å². The number of nitrogens with zero attached hydrogens (tertiary/aromatic N) is 2. The van der Waals surface area contributed by atoms with Crippen molar-refractivity contribution >= 4 is 0 Å². The highest BCUT2D eigenvalue weighted by Crippen LogP contribution is 2.17. The Morgan fingerprint density at radius 1 is 0.889 bits per heavy atom. The Labute approximate surface area is 113 Å². The smallest absolute Gasteiger partial charge is 0.0217 e. The lowest BCUT2D eigenvalue weighted by Gasteiger charge is -2.34. The van der Waals surface area contributed by atoms with Crippen LogP contribution in [0, 0.1) is 0 Å². The number of rotatable bonds is 5. The van der Waals surface area contributed by atoms with Gasteiger partial charge in [0.05, 0.1) is 0 Å². The van der Waals surface area contributed by atoms with Crippen molar-refractivity contribution in [2.75, 3.05) is 40.3 Å². The second kappa shape index (κ2) is 7.46. The van der Waals surface area contributed by atoms with E-state index >= 15 is 0 Å². The third kappa shape index (κ3) is 4.22. The molecule has 0 aromatic carbocycles. The van der Waals surface area contributed by atoms with E-state index in [4.69, 9.17) is 0 Å². The number of likely N-dealkylation sites (tertiary alicyclic amines) is 2. The zero-order valence-electron chi connectivity index (χ0n) is 12.3. The van der Waals surface area contributed by atoms with Gasteiger partial charge >= 0.3 is 0 Å². The molecular formula is C15H31N3. The molecule has 0 radical (unpaired) electrons. The molecule has 2 atom stereocenters. The van der Waals surface area contributed by atoms with Crippen LogP contribution in [0.5, 0.6) is 0 Å². The second-order valence-electron chi connectivity index (χ2n) is 6.25. The van der Waals surface area contributed by atoms with Crippen LogP contribution in [-0.2, 0) is 0 Å². The maximum Gasteiger partial charge on any atom is 0.0217 e. The molecule has 0 aliphatic carbocycles. The van der Waals surface area contributed by atoms with Crippen molar-refractivity contribution in [3.05, 3.63) is 0 Å². The Morgan fingerprint density at radius 3 is 2.11 bits per heavy atom. The number of nitrogens with one attached hydrogen (secondary N) is 1. The molecule has 2 saturated heterocycles. The average Bonchev–Trinajstić information content (AvgIpc) is 2.38. The van der Waals surface area contributed by atoms with Gasteiger partial charge in [-0.05, 0) is 65.8 Å². The molecule has 2 aliphatic rings. The first-order valence-corrected chi connectivity index (χ1v) is 7.88. The van der Waals surface area contributed by atoms with Gasteiger partial charge in [-0.25, -0.2) is 0 Å². The van der Waals surface area contributed by atoms with E-state index in [1.165, 1.54) is 71.1 Å². The highest BCUT2D eigenvalue weighted by Gasteiger charge is 2.20. The van der Waals surface area contributed by atoms with E-state index < -0.39 is 0 Å². The summed E-state index contributed by atoms with van der Waals surface area (Å²) in [5.41, 5.74) is 0. The number of likely N-dealkylation sites (N-methyl/N-ethyl adjacent to an activating group) is 1. The van der Waals surface area contributed by atoms with Gasteiger partial charge in [-0.15, -0.1) is 0 Å². The highest BCUT2D eigenvalue weighted by molar-refractivity contribution is 4.78. The summed E-state index contributed by atoms with van der Waals surface area (Å²) in [6, 6.07) is 1.61. The zero-order valence-corrected chi connectivity index (χ0v) is 12.3. The van der Waals surface area contributed by atoms with Crippen LogP contribution in [0.15, 0.2) is 0 Å². The predicted octanol–water partition coefficient (Wildman–Crippen LogP) is 1.93. The standard InChI is InChI=1S/C15H31N3/c1-17-11-5-3-7-14(17)9-10-16-13-15-8-4-6-12-18(15)2/h14-16H,3-13H2,1-2H3. The molecule has 2 unspecified atom stereocenters. The van der Waals surface area contributed by atoms with Crippen LogP contribution in [0.25, 0.3) is 0 Å². The molecule has 2 rings (SSSR count). The molecule has 0 aromatic heterocycles. The molecule has 1 N–H and O–H groups in total. The Bertz CT molecular complexity index is 208. The summed E-state index contributed by atoms with van der Waals surface area (Å²) in [4.78, 5) is 5.08. The number of hydrogen-bond donors (Lipinski definition) is 1. The van der Waals surface area contributed by atoms with E-state index in [1.54, 1.807) is 0 Å². The SMILES string of the molecule is CN1CCCCC1CCNCC1CCCCN1C. The average molecular weight is 253 g/mol. The van der Waals surface area contributed by atoms with Crippen LogP contribution in [0.2, 0.25) is 0 Å². The van der Waals surface area contributed by atoms with Crippen LogP contribution < -0.4 is 5.32 Å². The van der Waals surface area contributed by atoms with Crippen molar-refractivity contribution in [2.24, 2.45) is 0 Å². The van der Waals surface area contributed by atoms with Gasteiger partial charge in [-0.3, -0.25) is 0 Å². The quantitative estimate of drug-likeness (QED) is 0.755. The fourth-order valence-electron chi connectivity index (χ4n) is 3.45. The lowest BCUT2D eigenvalue weighted by Crippen LogP contribution is -2.44. The molecule has 0 saturated carbocycles. The monoisotopic (exact) mass is 253 g/mol. The van der Waals surface area contributed by atoms with Gasteiger partial charge in [-0.2, -0.15) is 0 Å². The highest BCUT2D eigenvalue weighted by atomic mass is 15.2. The van der Waals surface area contributed by atoms with Crippen LogP contribution in [0.4, 0.5) is 0 Å². The van der Waals surface area contributed by atoms with Gasteiger partial charge in [0.1, 0.15) is 0 Å². The molecule has 0 spiro atoms. The van der Waals surface area contributed by atoms with Crippen molar-refractivity contribution in [1.82, 2.24) is 15.1 Å². The first-order valence-electron chi connectivity index (χ1n) is 7.88. The summed E-state index contributed by atoms with van der Waals surface area (Å²) >= 11 is 0. The van der Waals surface area contributed by atoms with Crippen molar-refractivity contribution in [2.45, 2.75) is 57.0 Å². The summed E-state index contributed by atoms with van der Waals surface area (Å²) in [6.45, 7) is 4.97. The maximum atomic E-state index is 3.69. The summed E-state index contributed by atoms with van der Waals surface area (Å²) < 4.78 is 0. The third-order valence-corrected chi connectivity index (χ3v) is 4.88. The zero-order chi connectivity index (χ0) is 12.8. The topological polar surface area (TPSA) is 18.5 Å². The fraction of sp³-hybridized carbons (Fsp3) is 1.00. The first kappa shape index (κ1) is 14.3. The normalized spacial score (nSPS) is 31.7. The molecule has 106 valence electrons.